The number of alkyl halides is 3. The Morgan fingerprint density at radius 3 is 2.23 bits per heavy atom. The Hall–Kier alpha value is -0.250. The molecule has 0 aliphatic carbocycles. The molecule has 4 nitrogen and oxygen atoms in total. The van der Waals surface area contributed by atoms with Crippen molar-refractivity contribution < 1.29 is 13.2 Å². The predicted octanol–water partition coefficient (Wildman–Crippen LogP) is 3.09. The van der Waals surface area contributed by atoms with Crippen LogP contribution in [0.25, 0.3) is 0 Å². The van der Waals surface area contributed by atoms with Crippen molar-refractivity contribution in [3.05, 3.63) is 0 Å². The van der Waals surface area contributed by atoms with Crippen LogP contribution in [-0.4, -0.2) is 57.3 Å². The molecule has 0 bridgehead atoms. The van der Waals surface area contributed by atoms with Gasteiger partial charge < -0.3 is 10.6 Å². The van der Waals surface area contributed by atoms with Gasteiger partial charge in [0, 0.05) is 20.1 Å². The molecule has 0 aliphatic heterocycles. The zero-order valence-electron chi connectivity index (χ0n) is 14.0. The zero-order valence-corrected chi connectivity index (χ0v) is 16.3. The standard InChI is InChI=1S/C14H29F3N4.HI/c1-5-12(6-2)10-20-13(18-3)19-8-7-9-21(4)11-14(15,16)17;/h12H,5-11H2,1-4H3,(H2,18,19,20);1H. The third-order valence-electron chi connectivity index (χ3n) is 3.39. The molecule has 2 N–H and O–H groups in total. The summed E-state index contributed by atoms with van der Waals surface area (Å²) >= 11 is 0. The van der Waals surface area contributed by atoms with Crippen LogP contribution in [0, 0.1) is 5.92 Å². The Balaban J connectivity index is 0. The summed E-state index contributed by atoms with van der Waals surface area (Å²) in [5, 5.41) is 6.37. The van der Waals surface area contributed by atoms with Crippen LogP contribution in [0.1, 0.15) is 33.1 Å². The van der Waals surface area contributed by atoms with E-state index in [1.807, 2.05) is 0 Å². The second-order valence-corrected chi connectivity index (χ2v) is 5.27. The van der Waals surface area contributed by atoms with E-state index in [4.69, 9.17) is 0 Å². The van der Waals surface area contributed by atoms with E-state index in [1.165, 1.54) is 11.9 Å². The summed E-state index contributed by atoms with van der Waals surface area (Å²) < 4.78 is 36.5. The minimum absolute atomic E-state index is 0. The average molecular weight is 438 g/mol. The topological polar surface area (TPSA) is 39.7 Å². The number of rotatable bonds is 9. The summed E-state index contributed by atoms with van der Waals surface area (Å²) in [5.74, 6) is 1.32. The van der Waals surface area contributed by atoms with Gasteiger partial charge in [0.15, 0.2) is 5.96 Å². The van der Waals surface area contributed by atoms with Gasteiger partial charge in [0.25, 0.3) is 0 Å². The van der Waals surface area contributed by atoms with Gasteiger partial charge in [-0.25, -0.2) is 0 Å². The number of guanidine groups is 1. The molecule has 0 fully saturated rings. The summed E-state index contributed by atoms with van der Waals surface area (Å²) in [5.41, 5.74) is 0. The van der Waals surface area contributed by atoms with Crippen molar-refractivity contribution in [1.82, 2.24) is 15.5 Å². The van der Waals surface area contributed by atoms with Gasteiger partial charge in [-0.3, -0.25) is 9.89 Å². The SMILES string of the molecule is CCC(CC)CNC(=NC)NCCCN(C)CC(F)(F)F.I. The van der Waals surface area contributed by atoms with Crippen LogP contribution in [0.2, 0.25) is 0 Å². The Labute approximate surface area is 149 Å². The van der Waals surface area contributed by atoms with E-state index in [0.717, 1.165) is 19.4 Å². The van der Waals surface area contributed by atoms with Gasteiger partial charge in [-0.2, -0.15) is 13.2 Å². The van der Waals surface area contributed by atoms with Crippen molar-refractivity contribution in [2.24, 2.45) is 10.9 Å². The molecule has 0 heterocycles. The monoisotopic (exact) mass is 438 g/mol. The van der Waals surface area contributed by atoms with E-state index in [9.17, 15) is 13.2 Å². The fraction of sp³-hybridized carbons (Fsp3) is 0.929. The molecule has 0 saturated carbocycles. The summed E-state index contributed by atoms with van der Waals surface area (Å²) in [6.07, 6.45) is -1.27. The van der Waals surface area contributed by atoms with Crippen molar-refractivity contribution in [2.75, 3.05) is 40.3 Å². The van der Waals surface area contributed by atoms with Crippen molar-refractivity contribution >= 4 is 29.9 Å². The highest BCUT2D eigenvalue weighted by molar-refractivity contribution is 14.0. The summed E-state index contributed by atoms with van der Waals surface area (Å²) in [6, 6.07) is 0. The maximum Gasteiger partial charge on any atom is 0.401 e. The van der Waals surface area contributed by atoms with Gasteiger partial charge in [-0.15, -0.1) is 24.0 Å². The lowest BCUT2D eigenvalue weighted by atomic mass is 10.0. The van der Waals surface area contributed by atoms with Crippen LogP contribution in [-0.2, 0) is 0 Å². The zero-order chi connectivity index (χ0) is 16.3. The Morgan fingerprint density at radius 1 is 1.18 bits per heavy atom. The first-order valence-corrected chi connectivity index (χ1v) is 7.52. The van der Waals surface area contributed by atoms with Crippen molar-refractivity contribution in [1.29, 1.82) is 0 Å². The quantitative estimate of drug-likeness (QED) is 0.252. The molecule has 0 aromatic heterocycles. The number of halogens is 4. The van der Waals surface area contributed by atoms with Gasteiger partial charge in [0.05, 0.1) is 6.54 Å². The lowest BCUT2D eigenvalue weighted by Crippen LogP contribution is -2.41. The summed E-state index contributed by atoms with van der Waals surface area (Å²) in [7, 11) is 3.17. The fourth-order valence-electron chi connectivity index (χ4n) is 1.98. The minimum Gasteiger partial charge on any atom is -0.356 e. The van der Waals surface area contributed by atoms with Gasteiger partial charge in [0.1, 0.15) is 0 Å². The molecule has 0 spiro atoms. The Morgan fingerprint density at radius 2 is 1.77 bits per heavy atom. The van der Waals surface area contributed by atoms with Gasteiger partial charge in [-0.1, -0.05) is 26.7 Å². The van der Waals surface area contributed by atoms with Gasteiger partial charge in [0.2, 0.25) is 0 Å². The minimum atomic E-state index is -4.13. The van der Waals surface area contributed by atoms with E-state index in [1.54, 1.807) is 7.05 Å². The molecule has 0 rings (SSSR count). The second kappa shape index (κ2) is 13.2. The lowest BCUT2D eigenvalue weighted by Gasteiger charge is -2.19. The van der Waals surface area contributed by atoms with Crippen molar-refractivity contribution in [2.45, 2.75) is 39.3 Å². The molecule has 134 valence electrons. The van der Waals surface area contributed by atoms with E-state index < -0.39 is 12.7 Å². The van der Waals surface area contributed by atoms with Crippen LogP contribution in [0.3, 0.4) is 0 Å². The first-order chi connectivity index (χ1) is 9.82. The smallest absolute Gasteiger partial charge is 0.356 e. The van der Waals surface area contributed by atoms with Crippen LogP contribution in [0.5, 0.6) is 0 Å². The largest absolute Gasteiger partial charge is 0.401 e. The maximum atomic E-state index is 12.2. The highest BCUT2D eigenvalue weighted by Gasteiger charge is 2.28. The van der Waals surface area contributed by atoms with E-state index in [2.05, 4.69) is 29.5 Å². The summed E-state index contributed by atoms with van der Waals surface area (Å²) in [6.45, 7) is 5.31. The van der Waals surface area contributed by atoms with E-state index in [0.29, 0.717) is 31.4 Å². The van der Waals surface area contributed by atoms with Gasteiger partial charge in [-0.05, 0) is 25.9 Å². The third-order valence-corrected chi connectivity index (χ3v) is 3.39. The normalized spacial score (nSPS) is 12.5. The molecule has 0 amide bonds. The molecule has 0 aromatic rings. The van der Waals surface area contributed by atoms with Crippen LogP contribution >= 0.6 is 24.0 Å². The van der Waals surface area contributed by atoms with Crippen LogP contribution in [0.15, 0.2) is 4.99 Å². The molecule has 22 heavy (non-hydrogen) atoms. The molecular formula is C14H30F3IN4. The van der Waals surface area contributed by atoms with Gasteiger partial charge >= 0.3 is 6.18 Å². The highest BCUT2D eigenvalue weighted by atomic mass is 127. The number of nitrogens with one attached hydrogen (secondary N) is 2. The maximum absolute atomic E-state index is 12.2. The molecule has 0 atom stereocenters. The number of aliphatic imine (C=N–C) groups is 1. The molecule has 0 saturated heterocycles. The Kier molecular flexibility index (Phi) is 14.4. The van der Waals surface area contributed by atoms with E-state index >= 15 is 0 Å². The second-order valence-electron chi connectivity index (χ2n) is 5.27. The Bertz CT molecular complexity index is 294. The van der Waals surface area contributed by atoms with E-state index in [-0.39, 0.29) is 24.0 Å². The lowest BCUT2D eigenvalue weighted by molar-refractivity contribution is -0.143. The first kappa shape index (κ1) is 24.0. The molecule has 0 unspecified atom stereocenters. The first-order valence-electron chi connectivity index (χ1n) is 7.52. The molecule has 0 radical (unpaired) electrons. The summed E-state index contributed by atoms with van der Waals surface area (Å²) in [4.78, 5) is 5.39. The van der Waals surface area contributed by atoms with Crippen LogP contribution < -0.4 is 10.6 Å². The fourth-order valence-corrected chi connectivity index (χ4v) is 1.98. The number of hydrogen-bond acceptors (Lipinski definition) is 2. The number of nitrogens with zero attached hydrogens (tertiary/aromatic N) is 2. The van der Waals surface area contributed by atoms with Crippen molar-refractivity contribution in [3.63, 3.8) is 0 Å². The average Bonchev–Trinajstić information content (AvgIpc) is 2.40. The molecule has 8 heteroatoms. The van der Waals surface area contributed by atoms with Crippen LogP contribution in [0.4, 0.5) is 13.2 Å². The number of hydrogen-bond donors (Lipinski definition) is 2. The molecule has 0 aromatic carbocycles. The third kappa shape index (κ3) is 13.4. The molecule has 0 aliphatic rings. The highest BCUT2D eigenvalue weighted by Crippen LogP contribution is 2.15. The predicted molar refractivity (Wildman–Crippen MR) is 97.0 cm³/mol. The molecular weight excluding hydrogens is 408 g/mol. The van der Waals surface area contributed by atoms with Crippen molar-refractivity contribution in [3.8, 4) is 0 Å².